The summed E-state index contributed by atoms with van der Waals surface area (Å²) >= 11 is 0. The number of amides is 1. The van der Waals surface area contributed by atoms with Gasteiger partial charge in [-0.05, 0) is 59.9 Å². The molecule has 7 nitrogen and oxygen atoms in total. The summed E-state index contributed by atoms with van der Waals surface area (Å²) in [4.78, 5) is 38.5. The summed E-state index contributed by atoms with van der Waals surface area (Å²) in [5.41, 5.74) is 8.61. The summed E-state index contributed by atoms with van der Waals surface area (Å²) in [6.45, 7) is 4.10. The van der Waals surface area contributed by atoms with E-state index in [4.69, 9.17) is 15.9 Å². The van der Waals surface area contributed by atoms with Gasteiger partial charge in [-0.1, -0.05) is 44.2 Å². The number of methoxy groups -OCH3 is 1. The van der Waals surface area contributed by atoms with Crippen LogP contribution in [0.5, 0.6) is 0 Å². The minimum Gasteiger partial charge on any atom is -0.465 e. The van der Waals surface area contributed by atoms with E-state index in [1.54, 1.807) is 66.7 Å². The molecular weight excluding hydrogens is 442 g/mol. The number of ether oxygens (including phenoxy) is 1. The van der Waals surface area contributed by atoms with Crippen LogP contribution in [0.25, 0.3) is 11.1 Å². The molecule has 0 aliphatic rings. The molecule has 0 unspecified atom stereocenters. The van der Waals surface area contributed by atoms with Crippen molar-refractivity contribution in [3.63, 3.8) is 0 Å². The van der Waals surface area contributed by atoms with Crippen LogP contribution < -0.4 is 11.1 Å². The van der Waals surface area contributed by atoms with Gasteiger partial charge in [0.15, 0.2) is 5.78 Å². The van der Waals surface area contributed by atoms with E-state index in [2.05, 4.69) is 19.2 Å². The molecule has 3 rings (SSSR count). The Balaban J connectivity index is 1.97. The molecular formula is C28H29N3O4. The number of nitrogen functional groups attached to an aromatic ring is 1. The van der Waals surface area contributed by atoms with Gasteiger partial charge in [-0.15, -0.1) is 0 Å². The molecule has 35 heavy (non-hydrogen) atoms. The average Bonchev–Trinajstić information content (AvgIpc) is 2.86. The maximum absolute atomic E-state index is 13.2. The van der Waals surface area contributed by atoms with E-state index in [1.165, 1.54) is 7.11 Å². The highest BCUT2D eigenvalue weighted by Gasteiger charge is 2.21. The molecule has 0 fully saturated rings. The molecule has 7 heteroatoms. The maximum Gasteiger partial charge on any atom is 0.338 e. The van der Waals surface area contributed by atoms with Gasteiger partial charge < -0.3 is 15.8 Å². The second-order valence-corrected chi connectivity index (χ2v) is 8.60. The van der Waals surface area contributed by atoms with Crippen LogP contribution >= 0.6 is 0 Å². The first-order chi connectivity index (χ1) is 16.7. The predicted octanol–water partition coefficient (Wildman–Crippen LogP) is 5.30. The number of Topliss-reactive ketones (excluding diaryl/α,β-unsaturated/α-hetero) is 1. The molecule has 4 N–H and O–H groups in total. The van der Waals surface area contributed by atoms with Crippen LogP contribution in [0.4, 0.5) is 5.69 Å². The average molecular weight is 472 g/mol. The van der Waals surface area contributed by atoms with Crippen LogP contribution in [-0.2, 0) is 4.74 Å². The molecule has 0 aromatic heterocycles. The number of benzene rings is 3. The van der Waals surface area contributed by atoms with Gasteiger partial charge in [0.05, 0.1) is 12.7 Å². The molecule has 3 aromatic rings. The van der Waals surface area contributed by atoms with Crippen LogP contribution in [0.15, 0.2) is 66.7 Å². The number of amidine groups is 1. The van der Waals surface area contributed by atoms with Crippen LogP contribution in [-0.4, -0.2) is 30.6 Å². The van der Waals surface area contributed by atoms with Gasteiger partial charge in [-0.3, -0.25) is 15.0 Å². The first-order valence-corrected chi connectivity index (χ1v) is 11.3. The van der Waals surface area contributed by atoms with Crippen LogP contribution in [0.3, 0.4) is 0 Å². The second-order valence-electron chi connectivity index (χ2n) is 8.60. The molecule has 0 aliphatic heterocycles. The van der Waals surface area contributed by atoms with E-state index in [9.17, 15) is 14.4 Å². The van der Waals surface area contributed by atoms with Crippen molar-refractivity contribution in [1.29, 1.82) is 5.41 Å². The smallest absolute Gasteiger partial charge is 0.338 e. The molecule has 1 amide bonds. The summed E-state index contributed by atoms with van der Waals surface area (Å²) in [5.74, 6) is -0.676. The molecule has 0 aliphatic carbocycles. The Morgan fingerprint density at radius 3 is 2.17 bits per heavy atom. The highest BCUT2D eigenvalue weighted by molar-refractivity contribution is 6.11. The highest BCUT2D eigenvalue weighted by atomic mass is 16.5. The fourth-order valence-corrected chi connectivity index (χ4v) is 3.64. The van der Waals surface area contributed by atoms with Crippen molar-refractivity contribution in [2.24, 2.45) is 11.7 Å². The third kappa shape index (κ3) is 6.20. The van der Waals surface area contributed by atoms with E-state index >= 15 is 0 Å². The van der Waals surface area contributed by atoms with Crippen molar-refractivity contribution in [1.82, 2.24) is 0 Å². The number of nitrogens with one attached hydrogen (secondary N) is 2. The van der Waals surface area contributed by atoms with Crippen molar-refractivity contribution in [3.05, 3.63) is 89.0 Å². The Morgan fingerprint density at radius 2 is 1.54 bits per heavy atom. The fraction of sp³-hybridized carbons (Fsp3) is 0.214. The van der Waals surface area contributed by atoms with Gasteiger partial charge in [-0.25, -0.2) is 4.79 Å². The molecule has 0 atom stereocenters. The van der Waals surface area contributed by atoms with Crippen molar-refractivity contribution < 1.29 is 19.1 Å². The molecule has 0 heterocycles. The summed E-state index contributed by atoms with van der Waals surface area (Å²) in [5, 5.41) is 10.3. The van der Waals surface area contributed by atoms with Crippen LogP contribution in [0, 0.1) is 11.3 Å². The lowest BCUT2D eigenvalue weighted by atomic mass is 9.91. The van der Waals surface area contributed by atoms with Crippen LogP contribution in [0.2, 0.25) is 0 Å². The molecule has 0 radical (unpaired) electrons. The Kier molecular flexibility index (Phi) is 8.15. The first kappa shape index (κ1) is 25.4. The van der Waals surface area contributed by atoms with Crippen molar-refractivity contribution in [3.8, 4) is 11.1 Å². The second kappa shape index (κ2) is 11.2. The number of anilines is 1. The normalized spacial score (nSPS) is 10.6. The van der Waals surface area contributed by atoms with E-state index in [0.717, 1.165) is 6.42 Å². The lowest BCUT2D eigenvalue weighted by molar-refractivity contribution is 0.0601. The molecule has 0 spiro atoms. The zero-order valence-electron chi connectivity index (χ0n) is 20.1. The van der Waals surface area contributed by atoms with E-state index in [0.29, 0.717) is 45.8 Å². The van der Waals surface area contributed by atoms with Gasteiger partial charge in [0.1, 0.15) is 5.84 Å². The molecule has 0 bridgehead atoms. The van der Waals surface area contributed by atoms with Gasteiger partial charge >= 0.3 is 5.97 Å². The predicted molar refractivity (Wildman–Crippen MR) is 137 cm³/mol. The lowest BCUT2D eigenvalue weighted by Crippen LogP contribution is -2.15. The fourth-order valence-electron chi connectivity index (χ4n) is 3.64. The SMILES string of the molecule is COC(=O)c1cc(C(=O)CCC(C)C)ccc1-c1ccccc1C(=O)Nc1ccc(C(=N)N)cc1. The highest BCUT2D eigenvalue weighted by Crippen LogP contribution is 2.30. The van der Waals surface area contributed by atoms with Crippen molar-refractivity contribution in [2.75, 3.05) is 12.4 Å². The van der Waals surface area contributed by atoms with Gasteiger partial charge in [0.2, 0.25) is 0 Å². The first-order valence-electron chi connectivity index (χ1n) is 11.3. The lowest BCUT2D eigenvalue weighted by Gasteiger charge is -2.15. The van der Waals surface area contributed by atoms with E-state index in [1.807, 2.05) is 0 Å². The summed E-state index contributed by atoms with van der Waals surface area (Å²) < 4.78 is 4.98. The third-order valence-electron chi connectivity index (χ3n) is 5.61. The summed E-state index contributed by atoms with van der Waals surface area (Å²) in [6.07, 6.45) is 1.14. The zero-order chi connectivity index (χ0) is 25.5. The molecule has 180 valence electrons. The quantitative estimate of drug-likeness (QED) is 0.169. The topological polar surface area (TPSA) is 122 Å². The van der Waals surface area contributed by atoms with Gasteiger partial charge in [0, 0.05) is 28.8 Å². The largest absolute Gasteiger partial charge is 0.465 e. The van der Waals surface area contributed by atoms with Gasteiger partial charge in [-0.2, -0.15) is 0 Å². The number of carbonyl (C=O) groups excluding carboxylic acids is 3. The Morgan fingerprint density at radius 1 is 0.914 bits per heavy atom. The minimum atomic E-state index is -0.589. The Hall–Kier alpha value is -4.26. The van der Waals surface area contributed by atoms with Crippen molar-refractivity contribution in [2.45, 2.75) is 26.7 Å². The number of hydrogen-bond acceptors (Lipinski definition) is 5. The number of esters is 1. The standard InChI is InChI=1S/C28H29N3O4/c1-17(2)8-15-25(32)19-11-14-22(24(16-19)28(34)35-3)21-6-4-5-7-23(21)27(33)31-20-12-9-18(10-13-20)26(29)30/h4-7,9-14,16-17H,8,15H2,1-3H3,(H3,29,30)(H,31,33). The third-order valence-corrected chi connectivity index (χ3v) is 5.61. The number of ketones is 1. The number of rotatable bonds is 9. The van der Waals surface area contributed by atoms with Gasteiger partial charge in [0.25, 0.3) is 5.91 Å². The monoisotopic (exact) mass is 471 g/mol. The number of carbonyl (C=O) groups is 3. The zero-order valence-corrected chi connectivity index (χ0v) is 20.1. The molecule has 0 saturated heterocycles. The Labute approximate surface area is 204 Å². The summed E-state index contributed by atoms with van der Waals surface area (Å²) in [7, 11) is 1.28. The summed E-state index contributed by atoms with van der Waals surface area (Å²) in [6, 6.07) is 18.4. The maximum atomic E-state index is 13.2. The molecule has 3 aromatic carbocycles. The Bertz CT molecular complexity index is 1260. The molecule has 0 saturated carbocycles. The number of nitrogens with two attached hydrogens (primary N) is 1. The number of hydrogen-bond donors (Lipinski definition) is 3. The van der Waals surface area contributed by atoms with Crippen LogP contribution in [0.1, 0.15) is 63.3 Å². The van der Waals surface area contributed by atoms with Crippen molar-refractivity contribution >= 4 is 29.2 Å². The van der Waals surface area contributed by atoms with E-state index in [-0.39, 0.29) is 23.1 Å². The van der Waals surface area contributed by atoms with E-state index < -0.39 is 5.97 Å². The minimum absolute atomic E-state index is 0.0459.